The van der Waals surface area contributed by atoms with Crippen molar-refractivity contribution in [2.24, 2.45) is 0 Å². The second-order valence-corrected chi connectivity index (χ2v) is 5.90. The van der Waals surface area contributed by atoms with E-state index in [1.54, 1.807) is 0 Å². The van der Waals surface area contributed by atoms with Crippen LogP contribution in [0.4, 0.5) is 0 Å². The molecular formula is C12H17NO7S. The number of benzene rings is 1. The average Bonchev–Trinajstić information content (AvgIpc) is 2.44. The van der Waals surface area contributed by atoms with Crippen molar-refractivity contribution >= 4 is 16.0 Å². The van der Waals surface area contributed by atoms with Crippen LogP contribution in [0.3, 0.4) is 0 Å². The van der Waals surface area contributed by atoms with Gasteiger partial charge >= 0.3 is 5.97 Å². The molecule has 0 saturated heterocycles. The minimum absolute atomic E-state index is 0.0223. The highest BCUT2D eigenvalue weighted by molar-refractivity contribution is 7.89. The van der Waals surface area contributed by atoms with Gasteiger partial charge in [-0.05, 0) is 18.2 Å². The molecule has 3 N–H and O–H groups in total. The van der Waals surface area contributed by atoms with Crippen molar-refractivity contribution < 1.29 is 32.9 Å². The molecule has 1 unspecified atom stereocenters. The van der Waals surface area contributed by atoms with Gasteiger partial charge in [-0.2, -0.15) is 0 Å². The van der Waals surface area contributed by atoms with Crippen LogP contribution >= 0.6 is 0 Å². The number of carboxylic acid groups (broad SMARTS) is 1. The number of rotatable bonds is 8. The second kappa shape index (κ2) is 7.36. The molecule has 0 spiro atoms. The molecule has 118 valence electrons. The molecule has 0 aliphatic rings. The first-order valence-electron chi connectivity index (χ1n) is 5.89. The number of aliphatic hydroxyl groups is 1. The molecule has 0 aromatic heterocycles. The lowest BCUT2D eigenvalue weighted by Crippen LogP contribution is -2.34. The molecule has 0 aliphatic carbocycles. The highest BCUT2D eigenvalue weighted by atomic mass is 32.2. The molecule has 0 heterocycles. The first-order chi connectivity index (χ1) is 9.81. The highest BCUT2D eigenvalue weighted by Gasteiger charge is 2.20. The summed E-state index contributed by atoms with van der Waals surface area (Å²) in [7, 11) is -1.28. The van der Waals surface area contributed by atoms with Crippen LogP contribution in [-0.2, 0) is 14.8 Å². The number of sulfonamides is 1. The molecule has 0 radical (unpaired) electrons. The first kappa shape index (κ1) is 17.4. The van der Waals surface area contributed by atoms with E-state index in [-0.39, 0.29) is 29.4 Å². The van der Waals surface area contributed by atoms with Gasteiger partial charge in [0.1, 0.15) is 11.3 Å². The number of carbonyl (C=O) groups is 1. The summed E-state index contributed by atoms with van der Waals surface area (Å²) in [5, 5.41) is 18.4. The van der Waals surface area contributed by atoms with Gasteiger partial charge in [0, 0.05) is 13.7 Å². The van der Waals surface area contributed by atoms with Gasteiger partial charge in [-0.3, -0.25) is 0 Å². The maximum absolute atomic E-state index is 12.0. The lowest BCUT2D eigenvalue weighted by molar-refractivity contribution is 0.0678. The molecule has 8 nitrogen and oxygen atoms in total. The third kappa shape index (κ3) is 4.67. The zero-order valence-corrected chi connectivity index (χ0v) is 12.4. The van der Waals surface area contributed by atoms with Crippen molar-refractivity contribution in [1.29, 1.82) is 0 Å². The largest absolute Gasteiger partial charge is 0.496 e. The summed E-state index contributed by atoms with van der Waals surface area (Å²) in [5.41, 5.74) is -0.266. The van der Waals surface area contributed by atoms with Gasteiger partial charge in [-0.1, -0.05) is 0 Å². The van der Waals surface area contributed by atoms with Crippen molar-refractivity contribution in [2.45, 2.75) is 11.0 Å². The van der Waals surface area contributed by atoms with Gasteiger partial charge < -0.3 is 19.7 Å². The number of nitrogens with one attached hydrogen (secondary N) is 1. The molecule has 0 aliphatic heterocycles. The number of methoxy groups -OCH3 is 2. The predicted octanol–water partition coefficient (Wildman–Crippen LogP) is -0.321. The quantitative estimate of drug-likeness (QED) is 0.600. The van der Waals surface area contributed by atoms with E-state index in [9.17, 15) is 18.3 Å². The maximum Gasteiger partial charge on any atom is 0.339 e. The van der Waals surface area contributed by atoms with E-state index in [1.807, 2.05) is 0 Å². The summed E-state index contributed by atoms with van der Waals surface area (Å²) in [4.78, 5) is 10.8. The van der Waals surface area contributed by atoms with Crippen LogP contribution in [0.5, 0.6) is 5.75 Å². The van der Waals surface area contributed by atoms with Gasteiger partial charge in [0.05, 0.1) is 24.7 Å². The average molecular weight is 319 g/mol. The molecule has 1 aromatic rings. The van der Waals surface area contributed by atoms with Crippen LogP contribution in [0.2, 0.25) is 0 Å². The second-order valence-electron chi connectivity index (χ2n) is 4.13. The normalized spacial score (nSPS) is 12.9. The standard InChI is InChI=1S/C12H17NO7S/c1-19-7-8(14)6-13-21(17,18)9-3-4-11(20-2)10(5-9)12(15)16/h3-5,8,13-14H,6-7H2,1-2H3,(H,15,16). The minimum atomic E-state index is -3.94. The van der Waals surface area contributed by atoms with E-state index in [0.29, 0.717) is 0 Å². The molecule has 1 rings (SSSR count). The Morgan fingerprint density at radius 1 is 1.38 bits per heavy atom. The summed E-state index contributed by atoms with van der Waals surface area (Å²) in [5.74, 6) is -1.25. The Balaban J connectivity index is 2.98. The first-order valence-corrected chi connectivity index (χ1v) is 7.38. The number of hydrogen-bond acceptors (Lipinski definition) is 6. The summed E-state index contributed by atoms with van der Waals surface area (Å²) < 4.78 is 35.7. The molecule has 0 saturated carbocycles. The van der Waals surface area contributed by atoms with Crippen LogP contribution < -0.4 is 9.46 Å². The third-order valence-corrected chi connectivity index (χ3v) is 4.00. The minimum Gasteiger partial charge on any atom is -0.496 e. The van der Waals surface area contributed by atoms with Crippen LogP contribution in [0.25, 0.3) is 0 Å². The molecule has 9 heteroatoms. The Labute approximate surface area is 122 Å². The number of hydrogen-bond donors (Lipinski definition) is 3. The SMILES string of the molecule is COCC(O)CNS(=O)(=O)c1ccc(OC)c(C(=O)O)c1. The van der Waals surface area contributed by atoms with Crippen LogP contribution in [0, 0.1) is 0 Å². The molecule has 0 bridgehead atoms. The zero-order valence-electron chi connectivity index (χ0n) is 11.6. The van der Waals surface area contributed by atoms with Crippen molar-refractivity contribution in [3.63, 3.8) is 0 Å². The van der Waals surface area contributed by atoms with E-state index in [2.05, 4.69) is 9.46 Å². The zero-order chi connectivity index (χ0) is 16.0. The smallest absolute Gasteiger partial charge is 0.339 e. The van der Waals surface area contributed by atoms with Crippen LogP contribution in [0.1, 0.15) is 10.4 Å². The Morgan fingerprint density at radius 3 is 2.57 bits per heavy atom. The van der Waals surface area contributed by atoms with Crippen molar-refractivity contribution in [1.82, 2.24) is 4.72 Å². The molecule has 0 fully saturated rings. The van der Waals surface area contributed by atoms with Crippen molar-refractivity contribution in [2.75, 3.05) is 27.4 Å². The van der Waals surface area contributed by atoms with E-state index in [0.717, 1.165) is 6.07 Å². The van der Waals surface area contributed by atoms with Gasteiger partial charge in [-0.25, -0.2) is 17.9 Å². The van der Waals surface area contributed by atoms with E-state index in [4.69, 9.17) is 9.84 Å². The molecule has 21 heavy (non-hydrogen) atoms. The number of ether oxygens (including phenoxy) is 2. The van der Waals surface area contributed by atoms with E-state index >= 15 is 0 Å². The van der Waals surface area contributed by atoms with Crippen LogP contribution in [0.15, 0.2) is 23.1 Å². The summed E-state index contributed by atoms with van der Waals surface area (Å²) >= 11 is 0. The number of carboxylic acids is 1. The molecular weight excluding hydrogens is 302 g/mol. The lowest BCUT2D eigenvalue weighted by atomic mass is 10.2. The molecule has 1 atom stereocenters. The number of aliphatic hydroxyl groups excluding tert-OH is 1. The Hall–Kier alpha value is -1.68. The van der Waals surface area contributed by atoms with Gasteiger partial charge in [0.2, 0.25) is 10.0 Å². The summed E-state index contributed by atoms with van der Waals surface area (Å²) in [6.07, 6.45) is -0.998. The highest BCUT2D eigenvalue weighted by Crippen LogP contribution is 2.22. The van der Waals surface area contributed by atoms with E-state index in [1.165, 1.54) is 26.4 Å². The topological polar surface area (TPSA) is 122 Å². The van der Waals surface area contributed by atoms with Crippen LogP contribution in [-0.4, -0.2) is 58.1 Å². The fraction of sp³-hybridized carbons (Fsp3) is 0.417. The van der Waals surface area contributed by atoms with Crippen molar-refractivity contribution in [3.05, 3.63) is 23.8 Å². The van der Waals surface area contributed by atoms with E-state index < -0.39 is 22.1 Å². The van der Waals surface area contributed by atoms with Crippen molar-refractivity contribution in [3.8, 4) is 5.75 Å². The van der Waals surface area contributed by atoms with Gasteiger partial charge in [0.25, 0.3) is 0 Å². The Morgan fingerprint density at radius 2 is 2.05 bits per heavy atom. The fourth-order valence-electron chi connectivity index (χ4n) is 1.56. The summed E-state index contributed by atoms with van der Waals surface area (Å²) in [6, 6.07) is 3.46. The maximum atomic E-state index is 12.0. The number of aromatic carboxylic acids is 1. The summed E-state index contributed by atoms with van der Waals surface area (Å²) in [6.45, 7) is -0.268. The Bertz CT molecular complexity index is 600. The Kier molecular flexibility index (Phi) is 6.09. The lowest BCUT2D eigenvalue weighted by Gasteiger charge is -2.12. The predicted molar refractivity (Wildman–Crippen MR) is 73.0 cm³/mol. The van der Waals surface area contributed by atoms with Gasteiger partial charge in [-0.15, -0.1) is 0 Å². The fourth-order valence-corrected chi connectivity index (χ4v) is 2.66. The molecule has 1 aromatic carbocycles. The monoisotopic (exact) mass is 319 g/mol. The molecule has 0 amide bonds. The third-order valence-electron chi connectivity index (χ3n) is 2.58. The van der Waals surface area contributed by atoms with Gasteiger partial charge in [0.15, 0.2) is 0 Å².